The van der Waals surface area contributed by atoms with E-state index in [0.717, 1.165) is 32.0 Å². The highest BCUT2D eigenvalue weighted by Crippen LogP contribution is 2.18. The van der Waals surface area contributed by atoms with Crippen molar-refractivity contribution < 1.29 is 9.64 Å². The smallest absolute Gasteiger partial charge is 0.171 e. The number of ether oxygens (including phenoxy) is 1. The van der Waals surface area contributed by atoms with Crippen molar-refractivity contribution in [2.45, 2.75) is 38.8 Å². The van der Waals surface area contributed by atoms with Gasteiger partial charge in [0.1, 0.15) is 19.1 Å². The van der Waals surface area contributed by atoms with E-state index in [1.165, 1.54) is 11.1 Å². The molecular weight excluding hydrogens is 366 g/mol. The van der Waals surface area contributed by atoms with Gasteiger partial charge in [-0.25, -0.2) is 0 Å². The number of rotatable bonds is 6. The van der Waals surface area contributed by atoms with Crippen molar-refractivity contribution in [3.63, 3.8) is 0 Å². The Morgan fingerprint density at radius 2 is 1.57 bits per heavy atom. The molecule has 2 aromatic carbocycles. The molecule has 5 heteroatoms. The highest BCUT2D eigenvalue weighted by atomic mass is 32.1. The second kappa shape index (κ2) is 10.0. The lowest BCUT2D eigenvalue weighted by atomic mass is 9.98. The molecule has 3 N–H and O–H groups in total. The minimum atomic E-state index is 0.199. The lowest BCUT2D eigenvalue weighted by Gasteiger charge is -2.35. The maximum absolute atomic E-state index is 5.61. The summed E-state index contributed by atoms with van der Waals surface area (Å²) in [5.41, 5.74) is 3.69. The molecule has 150 valence electrons. The number of quaternary nitrogens is 1. The van der Waals surface area contributed by atoms with Crippen LogP contribution < -0.4 is 15.5 Å². The molecule has 3 rings (SSSR count). The van der Waals surface area contributed by atoms with Gasteiger partial charge >= 0.3 is 0 Å². The Morgan fingerprint density at radius 3 is 2.18 bits per heavy atom. The molecule has 0 amide bonds. The quantitative estimate of drug-likeness (QED) is 0.654. The highest BCUT2D eigenvalue weighted by Gasteiger charge is 2.31. The number of benzene rings is 2. The van der Waals surface area contributed by atoms with Crippen molar-refractivity contribution in [3.05, 3.63) is 65.7 Å². The van der Waals surface area contributed by atoms with E-state index in [0.29, 0.717) is 17.1 Å². The van der Waals surface area contributed by atoms with Gasteiger partial charge in [0.25, 0.3) is 0 Å². The van der Waals surface area contributed by atoms with Gasteiger partial charge in [-0.15, -0.1) is 0 Å². The molecule has 0 unspecified atom stereocenters. The third-order valence-electron chi connectivity index (χ3n) is 5.43. The molecule has 1 heterocycles. The monoisotopic (exact) mass is 398 g/mol. The third-order valence-corrected chi connectivity index (χ3v) is 5.65. The summed E-state index contributed by atoms with van der Waals surface area (Å²) >= 11 is 5.61. The summed E-state index contributed by atoms with van der Waals surface area (Å²) in [4.78, 5) is 1.54. The predicted octanol–water partition coefficient (Wildman–Crippen LogP) is 3.14. The topological polar surface area (TPSA) is 37.7 Å². The number of morpholine rings is 1. The molecule has 1 aliphatic heterocycles. The van der Waals surface area contributed by atoms with Crippen molar-refractivity contribution in [3.8, 4) is 0 Å². The zero-order valence-corrected chi connectivity index (χ0v) is 17.9. The molecule has 2 atom stereocenters. The van der Waals surface area contributed by atoms with Crippen LogP contribution in [0, 0.1) is 0 Å². The zero-order valence-electron chi connectivity index (χ0n) is 17.1. The fourth-order valence-corrected chi connectivity index (χ4v) is 4.20. The molecule has 1 saturated heterocycles. The molecule has 4 nitrogen and oxygen atoms in total. The SMILES string of the molecule is CC(C)c1ccc(NC(=S)N[C@H](C)[C@H](c2ccccc2)[NH+]2CCOCC2)cc1. The summed E-state index contributed by atoms with van der Waals surface area (Å²) in [7, 11) is 0. The van der Waals surface area contributed by atoms with Gasteiger partial charge in [-0.05, 0) is 42.8 Å². The molecule has 0 spiro atoms. The van der Waals surface area contributed by atoms with Crippen LogP contribution in [0.2, 0.25) is 0 Å². The van der Waals surface area contributed by atoms with Crippen LogP contribution >= 0.6 is 12.2 Å². The first-order chi connectivity index (χ1) is 13.5. The standard InChI is InChI=1S/C23H31N3OS/c1-17(2)19-9-11-21(12-10-19)25-23(28)24-18(3)22(20-7-5-4-6-8-20)26-13-15-27-16-14-26/h4-12,17-18,22H,13-16H2,1-3H3,(H2,24,25,28)/p+1/t18-,22-/m1/s1. The summed E-state index contributed by atoms with van der Waals surface area (Å²) in [6.07, 6.45) is 0. The Labute approximate surface area is 174 Å². The minimum absolute atomic E-state index is 0.199. The first kappa shape index (κ1) is 20.8. The van der Waals surface area contributed by atoms with Crippen LogP contribution in [0.15, 0.2) is 54.6 Å². The van der Waals surface area contributed by atoms with Crippen LogP contribution in [-0.2, 0) is 4.74 Å². The Bertz CT molecular complexity index is 742. The van der Waals surface area contributed by atoms with Gasteiger partial charge in [-0.1, -0.05) is 56.3 Å². The number of hydrogen-bond acceptors (Lipinski definition) is 2. The van der Waals surface area contributed by atoms with Gasteiger partial charge in [0.2, 0.25) is 0 Å². The molecule has 28 heavy (non-hydrogen) atoms. The maximum Gasteiger partial charge on any atom is 0.171 e. The predicted molar refractivity (Wildman–Crippen MR) is 120 cm³/mol. The van der Waals surface area contributed by atoms with E-state index in [4.69, 9.17) is 17.0 Å². The number of anilines is 1. The van der Waals surface area contributed by atoms with Crippen LogP contribution in [-0.4, -0.2) is 37.5 Å². The molecule has 1 aliphatic rings. The van der Waals surface area contributed by atoms with Gasteiger partial charge in [0, 0.05) is 11.3 Å². The van der Waals surface area contributed by atoms with Crippen LogP contribution in [0.25, 0.3) is 0 Å². The molecule has 0 aromatic heterocycles. The van der Waals surface area contributed by atoms with Crippen LogP contribution in [0.1, 0.15) is 43.9 Å². The van der Waals surface area contributed by atoms with Crippen molar-refractivity contribution in [1.82, 2.24) is 5.32 Å². The molecule has 1 fully saturated rings. The third kappa shape index (κ3) is 5.53. The first-order valence-corrected chi connectivity index (χ1v) is 10.6. The van der Waals surface area contributed by atoms with Gasteiger partial charge in [0.05, 0.1) is 19.3 Å². The summed E-state index contributed by atoms with van der Waals surface area (Å²) in [5, 5.41) is 7.52. The largest absolute Gasteiger partial charge is 0.370 e. The fourth-order valence-electron chi connectivity index (χ4n) is 3.89. The first-order valence-electron chi connectivity index (χ1n) is 10.2. The Morgan fingerprint density at radius 1 is 0.929 bits per heavy atom. The molecular formula is C23H32N3OS+. The number of thiocarbonyl (C=S) groups is 1. The summed E-state index contributed by atoms with van der Waals surface area (Å²) < 4.78 is 5.57. The van der Waals surface area contributed by atoms with Gasteiger partial charge in [-0.2, -0.15) is 0 Å². The van der Waals surface area contributed by atoms with Crippen molar-refractivity contribution in [2.24, 2.45) is 0 Å². The Hall–Kier alpha value is -1.95. The van der Waals surface area contributed by atoms with Gasteiger partial charge in [-0.3, -0.25) is 0 Å². The second-order valence-electron chi connectivity index (χ2n) is 7.82. The highest BCUT2D eigenvalue weighted by molar-refractivity contribution is 7.80. The summed E-state index contributed by atoms with van der Waals surface area (Å²) in [5.74, 6) is 0.530. The summed E-state index contributed by atoms with van der Waals surface area (Å²) in [6.45, 7) is 10.3. The average Bonchev–Trinajstić information content (AvgIpc) is 2.70. The fraction of sp³-hybridized carbons (Fsp3) is 0.435. The average molecular weight is 399 g/mol. The van der Waals surface area contributed by atoms with E-state index < -0.39 is 0 Å². The van der Waals surface area contributed by atoms with Crippen LogP contribution in [0.5, 0.6) is 0 Å². The Kier molecular flexibility index (Phi) is 7.43. The number of nitrogens with one attached hydrogen (secondary N) is 3. The minimum Gasteiger partial charge on any atom is -0.370 e. The molecule has 0 radical (unpaired) electrons. The van der Waals surface area contributed by atoms with Crippen LogP contribution in [0.4, 0.5) is 5.69 Å². The molecule has 0 saturated carbocycles. The van der Waals surface area contributed by atoms with E-state index in [-0.39, 0.29) is 6.04 Å². The normalized spacial score (nSPS) is 17.1. The van der Waals surface area contributed by atoms with E-state index in [2.05, 4.69) is 86.0 Å². The van der Waals surface area contributed by atoms with Crippen molar-refractivity contribution in [2.75, 3.05) is 31.6 Å². The summed E-state index contributed by atoms with van der Waals surface area (Å²) in [6, 6.07) is 19.8. The van der Waals surface area contributed by atoms with Gasteiger partial charge in [0.15, 0.2) is 5.11 Å². The maximum atomic E-state index is 5.61. The van der Waals surface area contributed by atoms with Gasteiger partial charge < -0.3 is 20.3 Å². The van der Waals surface area contributed by atoms with Crippen LogP contribution in [0.3, 0.4) is 0 Å². The zero-order chi connectivity index (χ0) is 19.9. The molecule has 0 aliphatic carbocycles. The number of hydrogen-bond donors (Lipinski definition) is 3. The van der Waals surface area contributed by atoms with Crippen molar-refractivity contribution in [1.29, 1.82) is 0 Å². The second-order valence-corrected chi connectivity index (χ2v) is 8.23. The lowest BCUT2D eigenvalue weighted by Crippen LogP contribution is -3.15. The van der Waals surface area contributed by atoms with E-state index in [1.54, 1.807) is 4.90 Å². The lowest BCUT2D eigenvalue weighted by molar-refractivity contribution is -0.940. The van der Waals surface area contributed by atoms with E-state index >= 15 is 0 Å². The van der Waals surface area contributed by atoms with E-state index in [9.17, 15) is 0 Å². The molecule has 2 aromatic rings. The Balaban J connectivity index is 1.66. The molecule has 0 bridgehead atoms. The van der Waals surface area contributed by atoms with E-state index in [1.807, 2.05) is 0 Å². The van der Waals surface area contributed by atoms with Crippen molar-refractivity contribution >= 4 is 23.0 Å².